The summed E-state index contributed by atoms with van der Waals surface area (Å²) in [6.45, 7) is 2.21. The zero-order valence-electron chi connectivity index (χ0n) is 9.50. The molecule has 0 unspecified atom stereocenters. The number of carboxylic acids is 1. The minimum absolute atomic E-state index is 0.223. The van der Waals surface area contributed by atoms with Crippen LogP contribution in [0.25, 0.3) is 11.0 Å². The van der Waals surface area contributed by atoms with Crippen molar-refractivity contribution >= 4 is 17.0 Å². The summed E-state index contributed by atoms with van der Waals surface area (Å²) < 4.78 is 1.86. The van der Waals surface area contributed by atoms with Crippen LogP contribution in [0, 0.1) is 5.92 Å². The average molecular weight is 231 g/mol. The highest BCUT2D eigenvalue weighted by Gasteiger charge is 2.29. The van der Waals surface area contributed by atoms with E-state index < -0.39 is 5.97 Å². The van der Waals surface area contributed by atoms with E-state index in [-0.39, 0.29) is 5.56 Å². The van der Waals surface area contributed by atoms with Gasteiger partial charge in [-0.1, -0.05) is 18.2 Å². The van der Waals surface area contributed by atoms with Crippen molar-refractivity contribution < 1.29 is 9.90 Å². The first-order chi connectivity index (χ1) is 8.16. The Morgan fingerprint density at radius 3 is 2.88 bits per heavy atom. The second-order valence-corrected chi connectivity index (χ2v) is 4.74. The monoisotopic (exact) mass is 231 g/mol. The molecule has 5 nitrogen and oxygen atoms in total. The second kappa shape index (κ2) is 3.55. The van der Waals surface area contributed by atoms with E-state index in [1.807, 2.05) is 10.7 Å². The fraction of sp³-hybridized carbons (Fsp3) is 0.417. The van der Waals surface area contributed by atoms with Gasteiger partial charge in [0.15, 0.2) is 0 Å². The van der Waals surface area contributed by atoms with E-state index >= 15 is 0 Å². The Morgan fingerprint density at radius 1 is 1.47 bits per heavy atom. The minimum Gasteiger partial charge on any atom is -0.478 e. The number of hydrogen-bond acceptors (Lipinski definition) is 3. The third-order valence-corrected chi connectivity index (χ3v) is 3.43. The van der Waals surface area contributed by atoms with Crippen molar-refractivity contribution in [1.82, 2.24) is 15.0 Å². The molecule has 0 atom stereocenters. The van der Waals surface area contributed by atoms with E-state index in [2.05, 4.69) is 17.2 Å². The third kappa shape index (κ3) is 1.50. The van der Waals surface area contributed by atoms with Crippen LogP contribution in [0.2, 0.25) is 0 Å². The molecule has 1 N–H and O–H groups in total. The number of rotatable bonds is 2. The van der Waals surface area contributed by atoms with Crippen molar-refractivity contribution in [3.63, 3.8) is 0 Å². The normalized spacial score (nSPS) is 23.6. The molecule has 1 aromatic heterocycles. The lowest BCUT2D eigenvalue weighted by atomic mass is 9.82. The summed E-state index contributed by atoms with van der Waals surface area (Å²) in [4.78, 5) is 11.1. The number of hydrogen-bond donors (Lipinski definition) is 1. The first kappa shape index (κ1) is 10.3. The summed E-state index contributed by atoms with van der Waals surface area (Å²) in [6.07, 6.45) is 2.19. The highest BCUT2D eigenvalue weighted by atomic mass is 16.4. The molecule has 1 aliphatic rings. The van der Waals surface area contributed by atoms with Gasteiger partial charge in [-0.05, 0) is 30.9 Å². The molecule has 0 bridgehead atoms. The van der Waals surface area contributed by atoms with Gasteiger partial charge in [-0.25, -0.2) is 9.48 Å². The Balaban J connectivity index is 2.10. The summed E-state index contributed by atoms with van der Waals surface area (Å²) in [5.74, 6) is -0.230. The second-order valence-electron chi connectivity index (χ2n) is 4.74. The molecule has 88 valence electrons. The molecule has 17 heavy (non-hydrogen) atoms. The molecule has 1 saturated carbocycles. The van der Waals surface area contributed by atoms with Crippen LogP contribution in [-0.2, 0) is 0 Å². The van der Waals surface area contributed by atoms with E-state index in [0.717, 1.165) is 24.3 Å². The van der Waals surface area contributed by atoms with Gasteiger partial charge in [0.25, 0.3) is 0 Å². The molecule has 1 aromatic carbocycles. The molecule has 0 spiro atoms. The van der Waals surface area contributed by atoms with Gasteiger partial charge in [-0.2, -0.15) is 0 Å². The molecule has 0 amide bonds. The molecule has 5 heteroatoms. The van der Waals surface area contributed by atoms with Crippen molar-refractivity contribution in [2.45, 2.75) is 25.8 Å². The van der Waals surface area contributed by atoms with Gasteiger partial charge in [0.2, 0.25) is 0 Å². The smallest absolute Gasteiger partial charge is 0.338 e. The standard InChI is InChI=1S/C12H13N3O2/c1-7-5-8(6-7)15-10-4-2-3-9(12(16)17)11(10)13-14-15/h2-4,7-8H,5-6H2,1H3,(H,16,17). The van der Waals surface area contributed by atoms with Gasteiger partial charge in [-0.15, -0.1) is 5.10 Å². The highest BCUT2D eigenvalue weighted by molar-refractivity contribution is 6.00. The van der Waals surface area contributed by atoms with Crippen molar-refractivity contribution in [3.8, 4) is 0 Å². The van der Waals surface area contributed by atoms with E-state index in [1.165, 1.54) is 0 Å². The van der Waals surface area contributed by atoms with Crippen molar-refractivity contribution in [2.75, 3.05) is 0 Å². The highest BCUT2D eigenvalue weighted by Crippen LogP contribution is 2.38. The number of nitrogens with zero attached hydrogens (tertiary/aromatic N) is 3. The summed E-state index contributed by atoms with van der Waals surface area (Å²) >= 11 is 0. The van der Waals surface area contributed by atoms with Gasteiger partial charge in [-0.3, -0.25) is 0 Å². The maximum Gasteiger partial charge on any atom is 0.338 e. The fourth-order valence-corrected chi connectivity index (χ4v) is 2.46. The molecule has 3 rings (SSSR count). The van der Waals surface area contributed by atoms with Gasteiger partial charge in [0.05, 0.1) is 17.1 Å². The van der Waals surface area contributed by atoms with Crippen LogP contribution in [0.5, 0.6) is 0 Å². The summed E-state index contributed by atoms with van der Waals surface area (Å²) in [7, 11) is 0. The van der Waals surface area contributed by atoms with Crippen molar-refractivity contribution in [3.05, 3.63) is 23.8 Å². The Hall–Kier alpha value is -1.91. The van der Waals surface area contributed by atoms with E-state index in [0.29, 0.717) is 11.6 Å². The number of fused-ring (bicyclic) bond motifs is 1. The van der Waals surface area contributed by atoms with Gasteiger partial charge >= 0.3 is 5.97 Å². The van der Waals surface area contributed by atoms with Crippen LogP contribution < -0.4 is 0 Å². The fourth-order valence-electron chi connectivity index (χ4n) is 2.46. The third-order valence-electron chi connectivity index (χ3n) is 3.43. The SMILES string of the molecule is CC1CC(n2nnc3c(C(=O)O)cccc32)C1. The maximum atomic E-state index is 11.1. The van der Waals surface area contributed by atoms with Gasteiger partial charge < -0.3 is 5.11 Å². The summed E-state index contributed by atoms with van der Waals surface area (Å²) in [5.41, 5.74) is 1.53. The van der Waals surface area contributed by atoms with Crippen LogP contribution in [0.15, 0.2) is 18.2 Å². The Labute approximate surface area is 98.0 Å². The van der Waals surface area contributed by atoms with E-state index in [9.17, 15) is 4.79 Å². The van der Waals surface area contributed by atoms with Crippen molar-refractivity contribution in [1.29, 1.82) is 0 Å². The van der Waals surface area contributed by atoms with Crippen LogP contribution >= 0.6 is 0 Å². The van der Waals surface area contributed by atoms with Gasteiger partial charge in [0, 0.05) is 0 Å². The number of carboxylic acid groups (broad SMARTS) is 1. The van der Waals surface area contributed by atoms with Crippen LogP contribution in [0.4, 0.5) is 0 Å². The predicted molar refractivity (Wildman–Crippen MR) is 61.9 cm³/mol. The lowest BCUT2D eigenvalue weighted by Crippen LogP contribution is -2.25. The minimum atomic E-state index is -0.954. The molecule has 0 saturated heterocycles. The topological polar surface area (TPSA) is 68.0 Å². The molecular weight excluding hydrogens is 218 g/mol. The lowest BCUT2D eigenvalue weighted by molar-refractivity contribution is 0.0699. The molecule has 1 fully saturated rings. The zero-order valence-corrected chi connectivity index (χ0v) is 9.50. The molecule has 1 heterocycles. The Bertz CT molecular complexity index is 584. The first-order valence-electron chi connectivity index (χ1n) is 5.74. The summed E-state index contributed by atoms with van der Waals surface area (Å²) in [5, 5.41) is 17.2. The molecule has 0 radical (unpaired) electrons. The molecule has 1 aliphatic carbocycles. The predicted octanol–water partition coefficient (Wildman–Crippen LogP) is 2.10. The first-order valence-corrected chi connectivity index (χ1v) is 5.74. The van der Waals surface area contributed by atoms with Gasteiger partial charge in [0.1, 0.15) is 5.52 Å². The lowest BCUT2D eigenvalue weighted by Gasteiger charge is -2.32. The number of benzene rings is 1. The number of aromatic nitrogens is 3. The molecule has 0 aliphatic heterocycles. The Kier molecular flexibility index (Phi) is 2.14. The Morgan fingerprint density at radius 2 is 2.24 bits per heavy atom. The largest absolute Gasteiger partial charge is 0.478 e. The number of aromatic carboxylic acids is 1. The number of carbonyl (C=O) groups is 1. The summed E-state index contributed by atoms with van der Waals surface area (Å²) in [6, 6.07) is 5.56. The van der Waals surface area contributed by atoms with Crippen molar-refractivity contribution in [2.24, 2.45) is 5.92 Å². The van der Waals surface area contributed by atoms with Crippen LogP contribution in [0.1, 0.15) is 36.2 Å². The van der Waals surface area contributed by atoms with E-state index in [1.54, 1.807) is 12.1 Å². The van der Waals surface area contributed by atoms with E-state index in [4.69, 9.17) is 5.11 Å². The molecule has 2 aromatic rings. The van der Waals surface area contributed by atoms with Crippen LogP contribution in [-0.4, -0.2) is 26.1 Å². The average Bonchev–Trinajstić information content (AvgIpc) is 2.67. The molecular formula is C12H13N3O2. The quantitative estimate of drug-likeness (QED) is 0.859. The van der Waals surface area contributed by atoms with Crippen LogP contribution in [0.3, 0.4) is 0 Å². The maximum absolute atomic E-state index is 11.1. The zero-order chi connectivity index (χ0) is 12.0.